The highest BCUT2D eigenvalue weighted by Crippen LogP contribution is 2.24. The summed E-state index contributed by atoms with van der Waals surface area (Å²) in [6, 6.07) is 4.78. The first kappa shape index (κ1) is 10.5. The second-order valence-electron chi connectivity index (χ2n) is 2.67. The van der Waals surface area contributed by atoms with E-state index in [1.165, 1.54) is 12.1 Å². The zero-order chi connectivity index (χ0) is 10.8. The van der Waals surface area contributed by atoms with Crippen LogP contribution in [0.1, 0.15) is 11.1 Å². The average molecular weight is 203 g/mol. The Hall–Kier alpha value is -1.57. The number of nitriles is 1. The molecule has 0 spiro atoms. The topological polar surface area (TPSA) is 23.8 Å². The first-order valence-electron chi connectivity index (χ1n) is 3.68. The number of halogens is 4. The van der Waals surface area contributed by atoms with E-state index in [9.17, 15) is 17.6 Å². The van der Waals surface area contributed by atoms with Gasteiger partial charge in [0.05, 0.1) is 18.1 Å². The highest BCUT2D eigenvalue weighted by Gasteiger charge is 2.30. The smallest absolute Gasteiger partial charge is 0.207 e. The highest BCUT2D eigenvalue weighted by atomic mass is 19.4. The van der Waals surface area contributed by atoms with Crippen molar-refractivity contribution in [2.45, 2.75) is 12.6 Å². The Labute approximate surface area is 77.6 Å². The summed E-state index contributed by atoms with van der Waals surface area (Å²) in [6.45, 7) is 0. The molecule has 1 aromatic carbocycles. The lowest BCUT2D eigenvalue weighted by Gasteiger charge is -2.08. The molecule has 0 N–H and O–H groups in total. The summed E-state index contributed by atoms with van der Waals surface area (Å²) in [6.07, 6.45) is -5.92. The number of nitrogens with zero attached hydrogens (tertiary/aromatic N) is 1. The molecule has 0 bridgehead atoms. The van der Waals surface area contributed by atoms with E-state index in [4.69, 9.17) is 5.26 Å². The maximum atomic E-state index is 12.9. The summed E-state index contributed by atoms with van der Waals surface area (Å²) in [5.74, 6) is -0.999. The fraction of sp³-hybridized carbons (Fsp3) is 0.222. The van der Waals surface area contributed by atoms with Gasteiger partial charge in [-0.2, -0.15) is 18.4 Å². The van der Waals surface area contributed by atoms with Crippen LogP contribution in [0.2, 0.25) is 0 Å². The van der Waals surface area contributed by atoms with Crippen LogP contribution in [-0.4, -0.2) is 6.18 Å². The first-order chi connectivity index (χ1) is 6.44. The van der Waals surface area contributed by atoms with Gasteiger partial charge in [0.1, 0.15) is 5.82 Å². The number of benzene rings is 1. The number of rotatable bonds is 1. The predicted molar refractivity (Wildman–Crippen MR) is 40.9 cm³/mol. The maximum Gasteiger partial charge on any atom is 0.393 e. The molecule has 0 aromatic heterocycles. The molecule has 0 aliphatic heterocycles. The van der Waals surface area contributed by atoms with Crippen molar-refractivity contribution in [3.05, 3.63) is 35.1 Å². The number of hydrogen-bond acceptors (Lipinski definition) is 1. The highest BCUT2D eigenvalue weighted by molar-refractivity contribution is 5.38. The van der Waals surface area contributed by atoms with E-state index in [-0.39, 0.29) is 5.56 Å². The van der Waals surface area contributed by atoms with Crippen LogP contribution in [0.15, 0.2) is 18.2 Å². The lowest BCUT2D eigenvalue weighted by Crippen LogP contribution is -2.14. The van der Waals surface area contributed by atoms with Gasteiger partial charge >= 0.3 is 6.18 Å². The van der Waals surface area contributed by atoms with Gasteiger partial charge < -0.3 is 0 Å². The molecule has 74 valence electrons. The van der Waals surface area contributed by atoms with Crippen LogP contribution in [-0.2, 0) is 6.42 Å². The first-order valence-corrected chi connectivity index (χ1v) is 3.68. The van der Waals surface area contributed by atoms with Gasteiger partial charge in [0.2, 0.25) is 0 Å². The summed E-state index contributed by atoms with van der Waals surface area (Å²) in [4.78, 5) is 0. The third kappa shape index (κ3) is 2.46. The van der Waals surface area contributed by atoms with Gasteiger partial charge in [-0.1, -0.05) is 6.07 Å². The lowest BCUT2D eigenvalue weighted by molar-refractivity contribution is -0.127. The van der Waals surface area contributed by atoms with Gasteiger partial charge in [0.25, 0.3) is 0 Å². The van der Waals surface area contributed by atoms with Crippen molar-refractivity contribution in [3.63, 3.8) is 0 Å². The molecular formula is C9H5F4N. The van der Waals surface area contributed by atoms with Gasteiger partial charge in [0.15, 0.2) is 0 Å². The van der Waals surface area contributed by atoms with E-state index in [0.29, 0.717) is 0 Å². The molecule has 0 aliphatic carbocycles. The average Bonchev–Trinajstić information content (AvgIpc) is 2.06. The minimum atomic E-state index is -4.51. The molecule has 0 saturated carbocycles. The molecule has 0 saturated heterocycles. The normalized spacial score (nSPS) is 11.1. The van der Waals surface area contributed by atoms with Crippen molar-refractivity contribution in [1.29, 1.82) is 5.26 Å². The Morgan fingerprint density at radius 2 is 1.93 bits per heavy atom. The molecule has 0 amide bonds. The third-order valence-corrected chi connectivity index (χ3v) is 1.62. The van der Waals surface area contributed by atoms with Crippen molar-refractivity contribution >= 4 is 0 Å². The van der Waals surface area contributed by atoms with Crippen molar-refractivity contribution in [3.8, 4) is 6.07 Å². The fourth-order valence-corrected chi connectivity index (χ4v) is 1.04. The number of alkyl halides is 3. The van der Waals surface area contributed by atoms with Crippen LogP contribution in [0, 0.1) is 17.1 Å². The largest absolute Gasteiger partial charge is 0.393 e. The van der Waals surface area contributed by atoms with Crippen LogP contribution in [0.5, 0.6) is 0 Å². The summed E-state index contributed by atoms with van der Waals surface area (Å²) in [5, 5.41) is 8.46. The van der Waals surface area contributed by atoms with E-state index >= 15 is 0 Å². The zero-order valence-corrected chi connectivity index (χ0v) is 6.90. The van der Waals surface area contributed by atoms with E-state index in [2.05, 4.69) is 0 Å². The van der Waals surface area contributed by atoms with Crippen molar-refractivity contribution < 1.29 is 17.6 Å². The standard InChI is InChI=1S/C9H5F4N/c10-8-3-1-2-6(5-14)7(8)4-9(11,12)13/h1-3H,4H2. The molecule has 1 nitrogen and oxygen atoms in total. The molecule has 0 aliphatic rings. The monoisotopic (exact) mass is 203 g/mol. The molecular weight excluding hydrogens is 198 g/mol. The van der Waals surface area contributed by atoms with E-state index < -0.39 is 24.0 Å². The van der Waals surface area contributed by atoms with Gasteiger partial charge in [0, 0.05) is 5.56 Å². The zero-order valence-electron chi connectivity index (χ0n) is 6.90. The summed E-state index contributed by atoms with van der Waals surface area (Å²) < 4.78 is 48.8. The van der Waals surface area contributed by atoms with Crippen LogP contribution in [0.4, 0.5) is 17.6 Å². The SMILES string of the molecule is N#Cc1cccc(F)c1CC(F)(F)F. The second-order valence-corrected chi connectivity index (χ2v) is 2.67. The molecule has 0 atom stereocenters. The minimum Gasteiger partial charge on any atom is -0.207 e. The predicted octanol–water partition coefficient (Wildman–Crippen LogP) is 2.80. The van der Waals surface area contributed by atoms with Gasteiger partial charge in [-0.05, 0) is 12.1 Å². The Morgan fingerprint density at radius 1 is 1.29 bits per heavy atom. The van der Waals surface area contributed by atoms with E-state index in [1.807, 2.05) is 0 Å². The van der Waals surface area contributed by atoms with Crippen LogP contribution >= 0.6 is 0 Å². The molecule has 0 unspecified atom stereocenters. The summed E-state index contributed by atoms with van der Waals surface area (Å²) in [7, 11) is 0. The van der Waals surface area contributed by atoms with Crippen LogP contribution in [0.3, 0.4) is 0 Å². The Balaban J connectivity index is 3.13. The van der Waals surface area contributed by atoms with Crippen molar-refractivity contribution in [1.82, 2.24) is 0 Å². The fourth-order valence-electron chi connectivity index (χ4n) is 1.04. The van der Waals surface area contributed by atoms with Crippen molar-refractivity contribution in [2.75, 3.05) is 0 Å². The third-order valence-electron chi connectivity index (χ3n) is 1.62. The lowest BCUT2D eigenvalue weighted by atomic mass is 10.0. The molecule has 0 heterocycles. The summed E-state index contributed by atoms with van der Waals surface area (Å²) in [5.41, 5.74) is -0.871. The second kappa shape index (κ2) is 3.66. The molecule has 1 aromatic rings. The quantitative estimate of drug-likeness (QED) is 0.644. The molecule has 0 fully saturated rings. The Morgan fingerprint density at radius 3 is 2.43 bits per heavy atom. The number of hydrogen-bond donors (Lipinski definition) is 0. The van der Waals surface area contributed by atoms with Crippen molar-refractivity contribution in [2.24, 2.45) is 0 Å². The van der Waals surface area contributed by atoms with Crippen LogP contribution < -0.4 is 0 Å². The molecule has 5 heteroatoms. The van der Waals surface area contributed by atoms with Gasteiger partial charge in [-0.25, -0.2) is 4.39 Å². The molecule has 0 radical (unpaired) electrons. The van der Waals surface area contributed by atoms with E-state index in [1.54, 1.807) is 0 Å². The molecule has 1 rings (SSSR count). The molecule has 14 heavy (non-hydrogen) atoms. The van der Waals surface area contributed by atoms with Gasteiger partial charge in [-0.15, -0.1) is 0 Å². The van der Waals surface area contributed by atoms with Gasteiger partial charge in [-0.3, -0.25) is 0 Å². The Bertz CT molecular complexity index is 375. The maximum absolute atomic E-state index is 12.9. The Kier molecular flexibility index (Phi) is 2.75. The minimum absolute atomic E-state index is 0.276. The van der Waals surface area contributed by atoms with Crippen LogP contribution in [0.25, 0.3) is 0 Å². The van der Waals surface area contributed by atoms with E-state index in [0.717, 1.165) is 12.1 Å². The summed E-state index contributed by atoms with van der Waals surface area (Å²) >= 11 is 0.